The molecule has 4 heteroatoms. The van der Waals surface area contributed by atoms with Gasteiger partial charge in [0.1, 0.15) is 24.7 Å². The Morgan fingerprint density at radius 1 is 0.636 bits per heavy atom. The number of nitrogen functional groups attached to an aromatic ring is 1. The van der Waals surface area contributed by atoms with Crippen molar-refractivity contribution in [3.05, 3.63) is 119 Å². The second-order valence-electron chi connectivity index (χ2n) is 7.79. The van der Waals surface area contributed by atoms with E-state index in [1.807, 2.05) is 92.8 Å². The number of ether oxygens (including phenoxy) is 2. The first-order valence-electron chi connectivity index (χ1n) is 11.0. The fraction of sp³-hybridized carbons (Fsp3) is 0.172. The molecule has 4 aromatic rings. The summed E-state index contributed by atoms with van der Waals surface area (Å²) in [4.78, 5) is 0. The molecule has 0 aliphatic rings. The molecule has 4 aromatic carbocycles. The van der Waals surface area contributed by atoms with Crippen LogP contribution in [0.1, 0.15) is 22.3 Å². The van der Waals surface area contributed by atoms with Crippen molar-refractivity contribution in [3.8, 4) is 11.5 Å². The van der Waals surface area contributed by atoms with Crippen LogP contribution in [0.5, 0.6) is 11.5 Å². The number of nitrogens with one attached hydrogen (secondary N) is 1. The Bertz CT molecular complexity index is 1130. The predicted octanol–water partition coefficient (Wildman–Crippen LogP) is 6.77. The van der Waals surface area contributed by atoms with Crippen molar-refractivity contribution in [2.75, 3.05) is 18.1 Å². The Hall–Kier alpha value is -3.92. The summed E-state index contributed by atoms with van der Waals surface area (Å²) in [7, 11) is 1.92. The minimum atomic E-state index is 0.587. The van der Waals surface area contributed by atoms with E-state index in [1.165, 1.54) is 11.1 Å². The van der Waals surface area contributed by atoms with Crippen LogP contribution >= 0.6 is 0 Å². The number of nitrogens with two attached hydrogens (primary N) is 1. The monoisotopic (exact) mass is 440 g/mol. The molecule has 33 heavy (non-hydrogen) atoms. The van der Waals surface area contributed by atoms with E-state index < -0.39 is 0 Å². The molecule has 0 atom stereocenters. The summed E-state index contributed by atoms with van der Waals surface area (Å²) in [5.74, 6) is 1.76. The van der Waals surface area contributed by atoms with E-state index in [0.717, 1.165) is 34.0 Å². The van der Waals surface area contributed by atoms with Gasteiger partial charge in [-0.15, -0.1) is 0 Å². The predicted molar refractivity (Wildman–Crippen MR) is 138 cm³/mol. The van der Waals surface area contributed by atoms with Gasteiger partial charge in [-0.2, -0.15) is 0 Å². The van der Waals surface area contributed by atoms with Crippen LogP contribution < -0.4 is 20.5 Å². The summed E-state index contributed by atoms with van der Waals surface area (Å²) in [5.41, 5.74) is 12.3. The average Bonchev–Trinajstić information content (AvgIpc) is 2.85. The Morgan fingerprint density at radius 2 is 1.12 bits per heavy atom. The Morgan fingerprint density at radius 3 is 1.58 bits per heavy atom. The molecule has 0 spiro atoms. The van der Waals surface area contributed by atoms with Crippen molar-refractivity contribution < 1.29 is 9.47 Å². The van der Waals surface area contributed by atoms with Gasteiger partial charge in [0.2, 0.25) is 0 Å². The molecule has 0 saturated carbocycles. The normalized spacial score (nSPS) is 10.0. The van der Waals surface area contributed by atoms with Gasteiger partial charge < -0.3 is 20.5 Å². The van der Waals surface area contributed by atoms with Crippen molar-refractivity contribution in [1.82, 2.24) is 0 Å². The maximum atomic E-state index is 5.74. The largest absolute Gasteiger partial charge is 0.489 e. The van der Waals surface area contributed by atoms with E-state index in [2.05, 4.69) is 30.4 Å². The molecule has 0 amide bonds. The Kier molecular flexibility index (Phi) is 8.78. The first kappa shape index (κ1) is 23.7. The summed E-state index contributed by atoms with van der Waals surface area (Å²) < 4.78 is 11.4. The third kappa shape index (κ3) is 7.62. The minimum Gasteiger partial charge on any atom is -0.489 e. The lowest BCUT2D eigenvalue weighted by atomic mass is 10.2. The molecule has 0 aliphatic heterocycles. The summed E-state index contributed by atoms with van der Waals surface area (Å²) in [6, 6.07) is 32.1. The van der Waals surface area contributed by atoms with Gasteiger partial charge >= 0.3 is 0 Å². The van der Waals surface area contributed by atoms with Crippen LogP contribution in [0, 0.1) is 13.8 Å². The van der Waals surface area contributed by atoms with Crippen molar-refractivity contribution in [2.45, 2.75) is 27.1 Å². The number of hydrogen-bond acceptors (Lipinski definition) is 4. The number of rotatable bonds is 7. The molecule has 0 aromatic heterocycles. The summed E-state index contributed by atoms with van der Waals surface area (Å²) in [6.45, 7) is 5.25. The number of aryl methyl sites for hydroxylation is 2. The van der Waals surface area contributed by atoms with Gasteiger partial charge in [0.05, 0.1) is 0 Å². The van der Waals surface area contributed by atoms with Crippen molar-refractivity contribution in [1.29, 1.82) is 0 Å². The van der Waals surface area contributed by atoms with Crippen LogP contribution in [0.3, 0.4) is 0 Å². The summed E-state index contributed by atoms with van der Waals surface area (Å²) in [5, 5.41) is 3.14. The number of anilines is 2. The molecule has 0 fully saturated rings. The Balaban J connectivity index is 0.000000186. The van der Waals surface area contributed by atoms with Gasteiger partial charge in [-0.3, -0.25) is 0 Å². The van der Waals surface area contributed by atoms with Crippen molar-refractivity contribution >= 4 is 11.4 Å². The number of hydrogen-bond donors (Lipinski definition) is 2. The van der Waals surface area contributed by atoms with Crippen molar-refractivity contribution in [2.24, 2.45) is 0 Å². The SMILES string of the molecule is CNc1ccc(OCc2ccccc2)cc1C.Cc1cc(OCc2ccccc2)ccc1N. The fourth-order valence-electron chi connectivity index (χ4n) is 3.23. The van der Waals surface area contributed by atoms with Gasteiger partial charge in [-0.1, -0.05) is 60.7 Å². The summed E-state index contributed by atoms with van der Waals surface area (Å²) in [6.07, 6.45) is 0. The highest BCUT2D eigenvalue weighted by atomic mass is 16.5. The topological polar surface area (TPSA) is 56.5 Å². The lowest BCUT2D eigenvalue weighted by Gasteiger charge is -2.09. The zero-order valence-electron chi connectivity index (χ0n) is 19.5. The van der Waals surface area contributed by atoms with Crippen LogP contribution in [0.25, 0.3) is 0 Å². The molecule has 4 nitrogen and oxygen atoms in total. The molecule has 0 bridgehead atoms. The van der Waals surface area contributed by atoms with Crippen LogP contribution in [0.2, 0.25) is 0 Å². The van der Waals surface area contributed by atoms with E-state index in [-0.39, 0.29) is 0 Å². The molecular weight excluding hydrogens is 408 g/mol. The van der Waals surface area contributed by atoms with E-state index in [9.17, 15) is 0 Å². The smallest absolute Gasteiger partial charge is 0.120 e. The van der Waals surface area contributed by atoms with E-state index in [4.69, 9.17) is 15.2 Å². The molecule has 0 unspecified atom stereocenters. The minimum absolute atomic E-state index is 0.587. The highest BCUT2D eigenvalue weighted by Crippen LogP contribution is 2.22. The molecular formula is C29H32N2O2. The molecule has 170 valence electrons. The highest BCUT2D eigenvalue weighted by molar-refractivity contribution is 5.53. The van der Waals surface area contributed by atoms with Crippen LogP contribution in [0.4, 0.5) is 11.4 Å². The second-order valence-corrected chi connectivity index (χ2v) is 7.79. The van der Waals surface area contributed by atoms with E-state index in [0.29, 0.717) is 13.2 Å². The fourth-order valence-corrected chi connectivity index (χ4v) is 3.23. The zero-order chi connectivity index (χ0) is 23.5. The van der Waals surface area contributed by atoms with Crippen LogP contribution in [-0.2, 0) is 13.2 Å². The Labute approximate surface area is 197 Å². The quantitative estimate of drug-likeness (QED) is 0.311. The van der Waals surface area contributed by atoms with Gasteiger partial charge in [-0.25, -0.2) is 0 Å². The van der Waals surface area contributed by atoms with Crippen LogP contribution in [-0.4, -0.2) is 7.05 Å². The first-order valence-corrected chi connectivity index (χ1v) is 11.0. The summed E-state index contributed by atoms with van der Waals surface area (Å²) >= 11 is 0. The molecule has 4 rings (SSSR count). The maximum absolute atomic E-state index is 5.74. The lowest BCUT2D eigenvalue weighted by molar-refractivity contribution is 0.306. The maximum Gasteiger partial charge on any atom is 0.120 e. The molecule has 0 heterocycles. The number of benzene rings is 4. The van der Waals surface area contributed by atoms with E-state index in [1.54, 1.807) is 0 Å². The lowest BCUT2D eigenvalue weighted by Crippen LogP contribution is -1.97. The first-order chi connectivity index (χ1) is 16.0. The highest BCUT2D eigenvalue weighted by Gasteiger charge is 2.00. The molecule has 0 aliphatic carbocycles. The molecule has 0 saturated heterocycles. The standard InChI is InChI=1S/C15H17NO.C14H15NO/c1-12-10-14(8-9-15(12)16-2)17-11-13-6-4-3-5-7-13;1-11-9-13(7-8-14(11)15)16-10-12-5-3-2-4-6-12/h3-10,16H,11H2,1-2H3;2-9H,10,15H2,1H3. The molecule has 3 N–H and O–H groups in total. The third-order valence-electron chi connectivity index (χ3n) is 5.21. The van der Waals surface area contributed by atoms with Gasteiger partial charge in [-0.05, 0) is 72.5 Å². The second kappa shape index (κ2) is 12.2. The average molecular weight is 441 g/mol. The van der Waals surface area contributed by atoms with Gasteiger partial charge in [0, 0.05) is 18.4 Å². The zero-order valence-corrected chi connectivity index (χ0v) is 19.5. The third-order valence-corrected chi connectivity index (χ3v) is 5.21. The van der Waals surface area contributed by atoms with E-state index >= 15 is 0 Å². The van der Waals surface area contributed by atoms with Crippen LogP contribution in [0.15, 0.2) is 97.1 Å². The van der Waals surface area contributed by atoms with Gasteiger partial charge in [0.25, 0.3) is 0 Å². The van der Waals surface area contributed by atoms with Crippen molar-refractivity contribution in [3.63, 3.8) is 0 Å². The molecule has 0 radical (unpaired) electrons. The van der Waals surface area contributed by atoms with Gasteiger partial charge in [0.15, 0.2) is 0 Å².